The highest BCUT2D eigenvalue weighted by Gasteiger charge is 2.19. The van der Waals surface area contributed by atoms with Gasteiger partial charge in [-0.2, -0.15) is 0 Å². The van der Waals surface area contributed by atoms with Crippen LogP contribution in [0.3, 0.4) is 0 Å². The first-order chi connectivity index (χ1) is 9.70. The molecule has 0 aromatic heterocycles. The highest BCUT2D eigenvalue weighted by Crippen LogP contribution is 2.26. The molecule has 1 unspecified atom stereocenters. The minimum atomic E-state index is 0.159. The van der Waals surface area contributed by atoms with Gasteiger partial charge in [-0.25, -0.2) is 0 Å². The highest BCUT2D eigenvalue weighted by molar-refractivity contribution is 5.97. The minimum Gasteiger partial charge on any atom is -0.409 e. The first kappa shape index (κ1) is 14.9. The molecule has 4 heteroatoms. The van der Waals surface area contributed by atoms with Crippen molar-refractivity contribution in [1.29, 1.82) is 0 Å². The zero-order valence-corrected chi connectivity index (χ0v) is 12.2. The van der Waals surface area contributed by atoms with Gasteiger partial charge >= 0.3 is 0 Å². The van der Waals surface area contributed by atoms with E-state index in [1.165, 1.54) is 32.1 Å². The second-order valence-electron chi connectivity index (χ2n) is 5.75. The molecule has 20 heavy (non-hydrogen) atoms. The Hall–Kier alpha value is -1.55. The largest absolute Gasteiger partial charge is 0.409 e. The van der Waals surface area contributed by atoms with E-state index in [1.54, 1.807) is 0 Å². The van der Waals surface area contributed by atoms with Crippen molar-refractivity contribution in [2.75, 3.05) is 0 Å². The molecule has 0 radical (unpaired) electrons. The predicted molar refractivity (Wildman–Crippen MR) is 81.8 cm³/mol. The third-order valence-electron chi connectivity index (χ3n) is 4.32. The Morgan fingerprint density at radius 1 is 1.40 bits per heavy atom. The van der Waals surface area contributed by atoms with Crippen molar-refractivity contribution in [1.82, 2.24) is 5.32 Å². The maximum Gasteiger partial charge on any atom is 0.170 e. The lowest BCUT2D eigenvalue weighted by molar-refractivity contribution is 0.280. The van der Waals surface area contributed by atoms with Gasteiger partial charge in [0, 0.05) is 18.2 Å². The molecule has 110 valence electrons. The van der Waals surface area contributed by atoms with E-state index in [-0.39, 0.29) is 5.84 Å². The Kier molecular flexibility index (Phi) is 5.41. The Morgan fingerprint density at radius 3 is 2.85 bits per heavy atom. The van der Waals surface area contributed by atoms with Crippen molar-refractivity contribution in [3.8, 4) is 0 Å². The maximum atomic E-state index is 8.71. The molecule has 0 bridgehead atoms. The van der Waals surface area contributed by atoms with Crippen LogP contribution < -0.4 is 11.1 Å². The molecular formula is C16H25N3O. The van der Waals surface area contributed by atoms with Gasteiger partial charge in [-0.15, -0.1) is 0 Å². The van der Waals surface area contributed by atoms with Gasteiger partial charge in [0.15, 0.2) is 5.84 Å². The van der Waals surface area contributed by atoms with E-state index in [0.717, 1.165) is 23.6 Å². The lowest BCUT2D eigenvalue weighted by Crippen LogP contribution is -2.34. The van der Waals surface area contributed by atoms with Crippen LogP contribution >= 0.6 is 0 Å². The van der Waals surface area contributed by atoms with Crippen molar-refractivity contribution < 1.29 is 5.21 Å². The first-order valence-electron chi connectivity index (χ1n) is 7.51. The molecular weight excluding hydrogens is 250 g/mol. The summed E-state index contributed by atoms with van der Waals surface area (Å²) in [5.41, 5.74) is 7.54. The molecule has 1 aliphatic carbocycles. The second kappa shape index (κ2) is 7.29. The Labute approximate surface area is 121 Å². The summed E-state index contributed by atoms with van der Waals surface area (Å²) in [6.07, 6.45) is 6.83. The van der Waals surface area contributed by atoms with Crippen molar-refractivity contribution in [2.24, 2.45) is 16.8 Å². The quantitative estimate of drug-likeness (QED) is 0.335. The molecule has 1 aromatic rings. The van der Waals surface area contributed by atoms with Gasteiger partial charge in [0.05, 0.1) is 0 Å². The van der Waals surface area contributed by atoms with E-state index in [1.807, 2.05) is 18.2 Å². The molecule has 0 amide bonds. The lowest BCUT2D eigenvalue weighted by Gasteiger charge is -2.28. The number of hydrogen-bond donors (Lipinski definition) is 3. The van der Waals surface area contributed by atoms with Crippen LogP contribution in [0.1, 0.15) is 50.2 Å². The first-order valence-corrected chi connectivity index (χ1v) is 7.51. The molecule has 0 spiro atoms. The summed E-state index contributed by atoms with van der Waals surface area (Å²) in [7, 11) is 0. The number of oxime groups is 1. The summed E-state index contributed by atoms with van der Waals surface area (Å²) in [5, 5.41) is 15.4. The second-order valence-corrected chi connectivity index (χ2v) is 5.75. The average Bonchev–Trinajstić information content (AvgIpc) is 2.53. The fourth-order valence-corrected chi connectivity index (χ4v) is 2.98. The molecule has 0 saturated heterocycles. The van der Waals surface area contributed by atoms with Gasteiger partial charge < -0.3 is 16.3 Å². The number of amidine groups is 1. The number of benzene rings is 1. The zero-order valence-electron chi connectivity index (χ0n) is 12.2. The fraction of sp³-hybridized carbons (Fsp3) is 0.562. The maximum absolute atomic E-state index is 8.71. The fourth-order valence-electron chi connectivity index (χ4n) is 2.98. The van der Waals surface area contributed by atoms with E-state index in [4.69, 9.17) is 10.9 Å². The van der Waals surface area contributed by atoms with Crippen LogP contribution in [-0.4, -0.2) is 17.1 Å². The topological polar surface area (TPSA) is 70.6 Å². The van der Waals surface area contributed by atoms with Crippen molar-refractivity contribution in [3.05, 3.63) is 35.4 Å². The molecule has 1 fully saturated rings. The number of nitrogens with one attached hydrogen (secondary N) is 1. The highest BCUT2D eigenvalue weighted by atomic mass is 16.4. The molecule has 1 aliphatic rings. The Bertz CT molecular complexity index is 453. The molecule has 0 heterocycles. The van der Waals surface area contributed by atoms with Gasteiger partial charge in [0.1, 0.15) is 0 Å². The van der Waals surface area contributed by atoms with Crippen LogP contribution in [0.15, 0.2) is 29.4 Å². The number of rotatable bonds is 5. The van der Waals surface area contributed by atoms with E-state index in [0.29, 0.717) is 6.04 Å². The van der Waals surface area contributed by atoms with Gasteiger partial charge in [0.25, 0.3) is 0 Å². The van der Waals surface area contributed by atoms with Crippen molar-refractivity contribution >= 4 is 5.84 Å². The minimum absolute atomic E-state index is 0.159. The molecule has 1 aromatic carbocycles. The van der Waals surface area contributed by atoms with Crippen LogP contribution in [0.5, 0.6) is 0 Å². The van der Waals surface area contributed by atoms with Gasteiger partial charge in [0.2, 0.25) is 0 Å². The lowest BCUT2D eigenvalue weighted by atomic mass is 9.84. The van der Waals surface area contributed by atoms with E-state index >= 15 is 0 Å². The smallest absolute Gasteiger partial charge is 0.170 e. The molecule has 2 rings (SSSR count). The van der Waals surface area contributed by atoms with E-state index in [2.05, 4.69) is 23.5 Å². The summed E-state index contributed by atoms with van der Waals surface area (Å²) in [6, 6.07) is 8.37. The zero-order chi connectivity index (χ0) is 14.4. The summed E-state index contributed by atoms with van der Waals surface area (Å²) in [6.45, 7) is 3.10. The van der Waals surface area contributed by atoms with Crippen LogP contribution in [-0.2, 0) is 6.54 Å². The van der Waals surface area contributed by atoms with Gasteiger partial charge in [-0.05, 0) is 37.3 Å². The number of hydrogen-bond acceptors (Lipinski definition) is 3. The molecule has 4 N–H and O–H groups in total. The van der Waals surface area contributed by atoms with E-state index < -0.39 is 0 Å². The normalized spacial score (nSPS) is 18.9. The van der Waals surface area contributed by atoms with Crippen LogP contribution in [0, 0.1) is 5.92 Å². The summed E-state index contributed by atoms with van der Waals surface area (Å²) in [4.78, 5) is 0. The summed E-state index contributed by atoms with van der Waals surface area (Å²) in [5.74, 6) is 0.961. The standard InChI is InChI=1S/C16H25N3O/c1-12(14-7-3-2-4-8-14)18-11-13-6-5-9-15(10-13)16(17)19-20/h5-6,9-10,12,14,18,20H,2-4,7-8,11H2,1H3,(H2,17,19). The SMILES string of the molecule is CC(NCc1cccc(C(N)=NO)c1)C1CCCCC1. The van der Waals surface area contributed by atoms with Crippen LogP contribution in [0.25, 0.3) is 0 Å². The van der Waals surface area contributed by atoms with Crippen molar-refractivity contribution in [3.63, 3.8) is 0 Å². The monoisotopic (exact) mass is 275 g/mol. The number of nitrogens with zero attached hydrogens (tertiary/aromatic N) is 1. The molecule has 1 atom stereocenters. The predicted octanol–water partition coefficient (Wildman–Crippen LogP) is 2.84. The summed E-state index contributed by atoms with van der Waals surface area (Å²) < 4.78 is 0. The number of nitrogens with two attached hydrogens (primary N) is 1. The van der Waals surface area contributed by atoms with Gasteiger partial charge in [-0.1, -0.05) is 42.6 Å². The van der Waals surface area contributed by atoms with E-state index in [9.17, 15) is 0 Å². The molecule has 4 nitrogen and oxygen atoms in total. The average molecular weight is 275 g/mol. The van der Waals surface area contributed by atoms with Crippen LogP contribution in [0.4, 0.5) is 0 Å². The third-order valence-corrected chi connectivity index (χ3v) is 4.32. The molecule has 0 aliphatic heterocycles. The van der Waals surface area contributed by atoms with Crippen LogP contribution in [0.2, 0.25) is 0 Å². The Morgan fingerprint density at radius 2 is 2.15 bits per heavy atom. The third kappa shape index (κ3) is 3.97. The molecule has 1 saturated carbocycles. The van der Waals surface area contributed by atoms with Gasteiger partial charge in [-0.3, -0.25) is 0 Å². The Balaban J connectivity index is 1.90. The summed E-state index contributed by atoms with van der Waals surface area (Å²) >= 11 is 0. The van der Waals surface area contributed by atoms with Crippen molar-refractivity contribution in [2.45, 2.75) is 51.6 Å².